The first-order chi connectivity index (χ1) is 7.03. The predicted molar refractivity (Wildman–Crippen MR) is 56.2 cm³/mol. The van der Waals surface area contributed by atoms with Gasteiger partial charge >= 0.3 is 0 Å². The summed E-state index contributed by atoms with van der Waals surface area (Å²) in [6.45, 7) is 1.02. The Kier molecular flexibility index (Phi) is 4.21. The van der Waals surface area contributed by atoms with Gasteiger partial charge in [-0.3, -0.25) is 0 Å². The molecule has 0 aliphatic carbocycles. The van der Waals surface area contributed by atoms with E-state index in [1.54, 1.807) is 12.1 Å². The highest BCUT2D eigenvalue weighted by atomic mass is 19.3. The molecule has 0 heterocycles. The van der Waals surface area contributed by atoms with Crippen molar-refractivity contribution in [1.82, 2.24) is 0 Å². The lowest BCUT2D eigenvalue weighted by Crippen LogP contribution is -2.15. The van der Waals surface area contributed by atoms with Crippen LogP contribution in [0.5, 0.6) is 0 Å². The van der Waals surface area contributed by atoms with Gasteiger partial charge in [0.15, 0.2) is 0 Å². The van der Waals surface area contributed by atoms with E-state index in [1.807, 2.05) is 12.1 Å². The van der Waals surface area contributed by atoms with Gasteiger partial charge in [0, 0.05) is 13.0 Å². The van der Waals surface area contributed by atoms with Gasteiger partial charge in [0.25, 0.3) is 0 Å². The molecule has 0 aliphatic heterocycles. The minimum atomic E-state index is -2.67. The topological polar surface area (TPSA) is 20.2 Å². The molecule has 0 spiro atoms. The molecule has 0 aromatic heterocycles. The number of aliphatic hydroxyl groups excluding tert-OH is 1. The van der Waals surface area contributed by atoms with Crippen LogP contribution in [0, 0.1) is 0 Å². The highest BCUT2D eigenvalue weighted by Gasteiger charge is 2.22. The highest BCUT2D eigenvalue weighted by molar-refractivity contribution is 5.28. The third-order valence-corrected chi connectivity index (χ3v) is 2.22. The van der Waals surface area contributed by atoms with Crippen molar-refractivity contribution in [2.45, 2.75) is 32.1 Å². The van der Waals surface area contributed by atoms with Gasteiger partial charge in [-0.2, -0.15) is 0 Å². The first kappa shape index (κ1) is 12.1. The van der Waals surface area contributed by atoms with Crippen LogP contribution in [-0.4, -0.2) is 17.6 Å². The molecule has 0 unspecified atom stereocenters. The number of alkyl halides is 2. The van der Waals surface area contributed by atoms with Gasteiger partial charge in [-0.1, -0.05) is 24.3 Å². The first-order valence-corrected chi connectivity index (χ1v) is 5.08. The zero-order valence-electron chi connectivity index (χ0n) is 8.84. The molecular weight excluding hydrogens is 198 g/mol. The Morgan fingerprint density at radius 1 is 1.20 bits per heavy atom. The molecule has 0 amide bonds. The van der Waals surface area contributed by atoms with Crippen molar-refractivity contribution < 1.29 is 13.9 Å². The zero-order valence-corrected chi connectivity index (χ0v) is 8.84. The number of aryl methyl sites for hydroxylation is 1. The summed E-state index contributed by atoms with van der Waals surface area (Å²) >= 11 is 0. The Morgan fingerprint density at radius 3 is 2.33 bits per heavy atom. The molecular formula is C12H16F2O. The molecule has 0 saturated carbocycles. The van der Waals surface area contributed by atoms with Crippen LogP contribution < -0.4 is 0 Å². The lowest BCUT2D eigenvalue weighted by molar-refractivity contribution is 0.0224. The maximum Gasteiger partial charge on any atom is 0.249 e. The summed E-state index contributed by atoms with van der Waals surface area (Å²) < 4.78 is 25.7. The van der Waals surface area contributed by atoms with E-state index in [2.05, 4.69) is 0 Å². The van der Waals surface area contributed by atoms with Gasteiger partial charge < -0.3 is 5.11 Å². The Balaban J connectivity index is 2.77. The Hall–Kier alpha value is -0.960. The van der Waals surface area contributed by atoms with Gasteiger partial charge in [0.1, 0.15) is 0 Å². The Bertz CT molecular complexity index is 305. The summed E-state index contributed by atoms with van der Waals surface area (Å²) in [6.07, 6.45) is 1.05. The van der Waals surface area contributed by atoms with Crippen molar-refractivity contribution in [3.05, 3.63) is 35.4 Å². The van der Waals surface area contributed by atoms with Crippen molar-refractivity contribution in [1.29, 1.82) is 0 Å². The minimum absolute atomic E-state index is 0.0941. The van der Waals surface area contributed by atoms with E-state index < -0.39 is 5.92 Å². The fourth-order valence-electron chi connectivity index (χ4n) is 1.58. The second-order valence-corrected chi connectivity index (χ2v) is 3.84. The number of halogens is 2. The molecule has 0 bridgehead atoms. The van der Waals surface area contributed by atoms with E-state index in [0.717, 1.165) is 12.5 Å². The maximum absolute atomic E-state index is 12.9. The van der Waals surface area contributed by atoms with Crippen LogP contribution in [0.1, 0.15) is 24.5 Å². The van der Waals surface area contributed by atoms with Crippen molar-refractivity contribution in [2.75, 3.05) is 6.61 Å². The van der Waals surface area contributed by atoms with E-state index in [-0.39, 0.29) is 13.0 Å². The van der Waals surface area contributed by atoms with Crippen LogP contribution >= 0.6 is 0 Å². The largest absolute Gasteiger partial charge is 0.396 e. The Labute approximate surface area is 88.7 Å². The lowest BCUT2D eigenvalue weighted by atomic mass is 9.98. The number of hydrogen-bond acceptors (Lipinski definition) is 1. The van der Waals surface area contributed by atoms with Crippen LogP contribution in [0.2, 0.25) is 0 Å². The number of hydrogen-bond donors (Lipinski definition) is 1. The fraction of sp³-hybridized carbons (Fsp3) is 0.500. The van der Waals surface area contributed by atoms with Crippen LogP contribution in [0.4, 0.5) is 8.78 Å². The monoisotopic (exact) mass is 214 g/mol. The molecule has 1 aromatic carbocycles. The van der Waals surface area contributed by atoms with E-state index in [4.69, 9.17) is 5.11 Å². The smallest absolute Gasteiger partial charge is 0.249 e. The second-order valence-electron chi connectivity index (χ2n) is 3.84. The van der Waals surface area contributed by atoms with Crippen molar-refractivity contribution in [3.8, 4) is 0 Å². The van der Waals surface area contributed by atoms with E-state index >= 15 is 0 Å². The molecule has 1 nitrogen and oxygen atoms in total. The summed E-state index contributed by atoms with van der Waals surface area (Å²) in [5, 5.41) is 8.70. The van der Waals surface area contributed by atoms with Crippen molar-refractivity contribution >= 4 is 0 Å². The van der Waals surface area contributed by atoms with E-state index in [9.17, 15) is 8.78 Å². The van der Waals surface area contributed by atoms with Gasteiger partial charge in [0.2, 0.25) is 5.92 Å². The molecule has 15 heavy (non-hydrogen) atoms. The SMILES string of the molecule is CC(F)(F)Cc1ccccc1CCCO. The number of aliphatic hydroxyl groups is 1. The molecule has 84 valence electrons. The molecule has 0 radical (unpaired) electrons. The normalized spacial score (nSPS) is 11.7. The number of benzene rings is 1. The van der Waals surface area contributed by atoms with Crippen LogP contribution in [0.3, 0.4) is 0 Å². The standard InChI is InChI=1S/C12H16F2O/c1-12(13,14)9-11-6-3-2-5-10(11)7-4-8-15/h2-3,5-6,15H,4,7-9H2,1H3. The molecule has 1 N–H and O–H groups in total. The summed E-state index contributed by atoms with van der Waals surface area (Å²) in [7, 11) is 0. The first-order valence-electron chi connectivity index (χ1n) is 5.08. The third-order valence-electron chi connectivity index (χ3n) is 2.22. The number of rotatable bonds is 5. The molecule has 1 aromatic rings. The predicted octanol–water partition coefficient (Wildman–Crippen LogP) is 2.81. The zero-order chi connectivity index (χ0) is 11.3. The van der Waals surface area contributed by atoms with Gasteiger partial charge in [-0.25, -0.2) is 8.78 Å². The van der Waals surface area contributed by atoms with Crippen LogP contribution in [0.25, 0.3) is 0 Å². The Morgan fingerprint density at radius 2 is 1.80 bits per heavy atom. The minimum Gasteiger partial charge on any atom is -0.396 e. The van der Waals surface area contributed by atoms with Crippen molar-refractivity contribution in [2.24, 2.45) is 0 Å². The van der Waals surface area contributed by atoms with Gasteiger partial charge in [0.05, 0.1) is 0 Å². The quantitative estimate of drug-likeness (QED) is 0.799. The fourth-order valence-corrected chi connectivity index (χ4v) is 1.58. The lowest BCUT2D eigenvalue weighted by Gasteiger charge is -2.13. The maximum atomic E-state index is 12.9. The molecule has 0 aliphatic rings. The van der Waals surface area contributed by atoms with E-state index in [0.29, 0.717) is 18.4 Å². The summed E-state index contributed by atoms with van der Waals surface area (Å²) in [5.74, 6) is -2.67. The van der Waals surface area contributed by atoms with Crippen LogP contribution in [0.15, 0.2) is 24.3 Å². The summed E-state index contributed by atoms with van der Waals surface area (Å²) in [6, 6.07) is 7.17. The van der Waals surface area contributed by atoms with Gasteiger partial charge in [-0.15, -0.1) is 0 Å². The van der Waals surface area contributed by atoms with E-state index in [1.165, 1.54) is 0 Å². The summed E-state index contributed by atoms with van der Waals surface area (Å²) in [4.78, 5) is 0. The third kappa shape index (κ3) is 4.38. The molecule has 0 saturated heterocycles. The van der Waals surface area contributed by atoms with Crippen LogP contribution in [-0.2, 0) is 12.8 Å². The average molecular weight is 214 g/mol. The van der Waals surface area contributed by atoms with Gasteiger partial charge in [-0.05, 0) is 30.9 Å². The second kappa shape index (κ2) is 5.21. The molecule has 1 rings (SSSR count). The highest BCUT2D eigenvalue weighted by Crippen LogP contribution is 2.22. The average Bonchev–Trinajstić information content (AvgIpc) is 2.14. The summed E-state index contributed by atoms with van der Waals surface area (Å²) in [5.41, 5.74) is 1.59. The molecule has 0 atom stereocenters. The molecule has 0 fully saturated rings. The molecule has 3 heteroatoms. The van der Waals surface area contributed by atoms with Crippen molar-refractivity contribution in [3.63, 3.8) is 0 Å².